The molecule has 2 fully saturated rings. The summed E-state index contributed by atoms with van der Waals surface area (Å²) in [5.41, 5.74) is 2.62. The molecule has 0 aliphatic carbocycles. The predicted octanol–water partition coefficient (Wildman–Crippen LogP) is 1.43. The van der Waals surface area contributed by atoms with Gasteiger partial charge in [-0.1, -0.05) is 0 Å². The van der Waals surface area contributed by atoms with Gasteiger partial charge in [-0.3, -0.25) is 4.90 Å². The number of rotatable bonds is 1. The van der Waals surface area contributed by atoms with Crippen LogP contribution in [0, 0.1) is 6.92 Å². The van der Waals surface area contributed by atoms with Crippen molar-refractivity contribution in [3.05, 3.63) is 17.8 Å². The summed E-state index contributed by atoms with van der Waals surface area (Å²) in [5.74, 6) is 0. The molecular weight excluding hydrogens is 228 g/mol. The number of fused-ring (bicyclic) bond motifs is 3. The fraction of sp³-hybridized carbons (Fsp3) is 0.538. The average molecular weight is 244 g/mol. The molecule has 2 aliphatic heterocycles. The molecule has 5 heteroatoms. The maximum absolute atomic E-state index is 5.87. The predicted molar refractivity (Wildman–Crippen MR) is 68.7 cm³/mol. The highest BCUT2D eigenvalue weighted by Gasteiger charge is 2.34. The summed E-state index contributed by atoms with van der Waals surface area (Å²) in [4.78, 5) is 13.7. The Morgan fingerprint density at radius 1 is 1.33 bits per heavy atom. The third kappa shape index (κ3) is 1.50. The van der Waals surface area contributed by atoms with Gasteiger partial charge in [0.1, 0.15) is 0 Å². The van der Waals surface area contributed by atoms with Crippen molar-refractivity contribution < 1.29 is 4.42 Å². The van der Waals surface area contributed by atoms with E-state index in [0.717, 1.165) is 42.4 Å². The summed E-state index contributed by atoms with van der Waals surface area (Å²) < 4.78 is 5.87. The number of hydrogen-bond donors (Lipinski definition) is 0. The minimum atomic E-state index is 0.563. The number of pyridine rings is 1. The van der Waals surface area contributed by atoms with Gasteiger partial charge in [0.25, 0.3) is 6.01 Å². The molecule has 2 aliphatic rings. The quantitative estimate of drug-likeness (QED) is 0.759. The second-order valence-corrected chi connectivity index (χ2v) is 5.27. The molecule has 0 saturated carbocycles. The van der Waals surface area contributed by atoms with E-state index in [4.69, 9.17) is 4.42 Å². The standard InChI is InChI=1S/C13H16N4O/c1-9-6-11-12(14-7-9)15-13(18-11)17-5-4-16-3-2-10(17)8-16/h6-7,10H,2-5,8H2,1H3/t10-/m1/s1. The van der Waals surface area contributed by atoms with Crippen molar-refractivity contribution in [1.82, 2.24) is 14.9 Å². The van der Waals surface area contributed by atoms with Gasteiger partial charge in [-0.15, -0.1) is 0 Å². The maximum atomic E-state index is 5.87. The second kappa shape index (κ2) is 3.68. The first-order valence-electron chi connectivity index (χ1n) is 6.52. The van der Waals surface area contributed by atoms with Crippen molar-refractivity contribution in [2.24, 2.45) is 0 Å². The van der Waals surface area contributed by atoms with Crippen LogP contribution in [-0.4, -0.2) is 47.1 Å². The van der Waals surface area contributed by atoms with Crippen molar-refractivity contribution in [2.45, 2.75) is 19.4 Å². The van der Waals surface area contributed by atoms with E-state index in [1.54, 1.807) is 0 Å². The van der Waals surface area contributed by atoms with Crippen LogP contribution in [0.5, 0.6) is 0 Å². The lowest BCUT2D eigenvalue weighted by Gasteiger charge is -2.32. The molecule has 0 radical (unpaired) electrons. The van der Waals surface area contributed by atoms with Crippen molar-refractivity contribution in [3.63, 3.8) is 0 Å². The molecule has 4 rings (SSSR count). The van der Waals surface area contributed by atoms with Gasteiger partial charge < -0.3 is 9.32 Å². The Kier molecular flexibility index (Phi) is 2.11. The molecule has 0 spiro atoms. The van der Waals surface area contributed by atoms with E-state index in [0.29, 0.717) is 6.04 Å². The lowest BCUT2D eigenvalue weighted by Crippen LogP contribution is -2.46. The molecule has 4 heterocycles. The number of piperazine rings is 1. The SMILES string of the molecule is Cc1cnc2nc(N3CCN4CC[C@@H]3C4)oc2c1. The number of anilines is 1. The van der Waals surface area contributed by atoms with Gasteiger partial charge in [-0.2, -0.15) is 4.98 Å². The van der Waals surface area contributed by atoms with E-state index in [2.05, 4.69) is 19.8 Å². The Hall–Kier alpha value is -1.62. The molecule has 2 aromatic heterocycles. The van der Waals surface area contributed by atoms with Crippen LogP contribution in [0.3, 0.4) is 0 Å². The summed E-state index contributed by atoms with van der Waals surface area (Å²) in [7, 11) is 0. The third-order valence-corrected chi connectivity index (χ3v) is 3.96. The first-order chi connectivity index (χ1) is 8.79. The fourth-order valence-corrected chi connectivity index (χ4v) is 2.98. The molecule has 2 atom stereocenters. The molecule has 1 unspecified atom stereocenters. The van der Waals surface area contributed by atoms with Crippen LogP contribution in [-0.2, 0) is 0 Å². The molecule has 18 heavy (non-hydrogen) atoms. The number of aromatic nitrogens is 2. The molecule has 0 N–H and O–H groups in total. The van der Waals surface area contributed by atoms with Crippen LogP contribution >= 0.6 is 0 Å². The molecular formula is C13H16N4O. The molecule has 94 valence electrons. The van der Waals surface area contributed by atoms with Crippen LogP contribution in [0.2, 0.25) is 0 Å². The highest BCUT2D eigenvalue weighted by molar-refractivity contribution is 5.70. The lowest BCUT2D eigenvalue weighted by molar-refractivity contribution is 0.304. The van der Waals surface area contributed by atoms with Crippen molar-refractivity contribution in [1.29, 1.82) is 0 Å². The smallest absolute Gasteiger partial charge is 0.300 e. The zero-order valence-corrected chi connectivity index (χ0v) is 10.5. The molecule has 2 saturated heterocycles. The van der Waals surface area contributed by atoms with E-state index >= 15 is 0 Å². The monoisotopic (exact) mass is 244 g/mol. The third-order valence-electron chi connectivity index (χ3n) is 3.96. The molecule has 0 amide bonds. The number of aryl methyl sites for hydroxylation is 1. The zero-order valence-electron chi connectivity index (χ0n) is 10.5. The van der Waals surface area contributed by atoms with Crippen LogP contribution in [0.1, 0.15) is 12.0 Å². The fourth-order valence-electron chi connectivity index (χ4n) is 2.98. The lowest BCUT2D eigenvalue weighted by atomic mass is 10.2. The highest BCUT2D eigenvalue weighted by Crippen LogP contribution is 2.28. The highest BCUT2D eigenvalue weighted by atomic mass is 16.4. The topological polar surface area (TPSA) is 45.4 Å². The maximum Gasteiger partial charge on any atom is 0.300 e. The van der Waals surface area contributed by atoms with E-state index in [1.807, 2.05) is 19.2 Å². The van der Waals surface area contributed by atoms with Gasteiger partial charge in [0.05, 0.1) is 0 Å². The van der Waals surface area contributed by atoms with Crippen LogP contribution in [0.15, 0.2) is 16.7 Å². The Balaban J connectivity index is 1.73. The van der Waals surface area contributed by atoms with Crippen LogP contribution in [0.4, 0.5) is 6.01 Å². The van der Waals surface area contributed by atoms with Gasteiger partial charge in [0.2, 0.25) is 5.65 Å². The minimum Gasteiger partial charge on any atom is -0.422 e. The van der Waals surface area contributed by atoms with Gasteiger partial charge in [0.15, 0.2) is 5.58 Å². The van der Waals surface area contributed by atoms with E-state index in [9.17, 15) is 0 Å². The van der Waals surface area contributed by atoms with E-state index in [1.165, 1.54) is 13.0 Å². The van der Waals surface area contributed by atoms with Gasteiger partial charge in [-0.25, -0.2) is 4.98 Å². The number of oxazole rings is 1. The number of nitrogens with zero attached hydrogens (tertiary/aromatic N) is 4. The Bertz CT molecular complexity index is 594. The first-order valence-corrected chi connectivity index (χ1v) is 6.52. The summed E-state index contributed by atoms with van der Waals surface area (Å²) in [6.07, 6.45) is 3.05. The Morgan fingerprint density at radius 3 is 3.22 bits per heavy atom. The van der Waals surface area contributed by atoms with E-state index < -0.39 is 0 Å². The number of hydrogen-bond acceptors (Lipinski definition) is 5. The second-order valence-electron chi connectivity index (χ2n) is 5.27. The van der Waals surface area contributed by atoms with Gasteiger partial charge in [-0.05, 0) is 25.0 Å². The Labute approximate surface area is 105 Å². The van der Waals surface area contributed by atoms with Crippen molar-refractivity contribution >= 4 is 17.2 Å². The Morgan fingerprint density at radius 2 is 2.28 bits per heavy atom. The largest absolute Gasteiger partial charge is 0.422 e. The normalized spacial score (nSPS) is 27.1. The summed E-state index contributed by atoms with van der Waals surface area (Å²) >= 11 is 0. The molecule has 2 aromatic rings. The van der Waals surface area contributed by atoms with E-state index in [-0.39, 0.29) is 0 Å². The van der Waals surface area contributed by atoms with Gasteiger partial charge in [0, 0.05) is 38.4 Å². The molecule has 5 nitrogen and oxygen atoms in total. The first kappa shape index (κ1) is 10.3. The van der Waals surface area contributed by atoms with Crippen LogP contribution < -0.4 is 4.90 Å². The summed E-state index contributed by atoms with van der Waals surface area (Å²) in [5, 5.41) is 0. The molecule has 0 aromatic carbocycles. The van der Waals surface area contributed by atoms with Crippen molar-refractivity contribution in [2.75, 3.05) is 31.1 Å². The van der Waals surface area contributed by atoms with Gasteiger partial charge >= 0.3 is 0 Å². The zero-order chi connectivity index (χ0) is 12.1. The molecule has 2 bridgehead atoms. The minimum absolute atomic E-state index is 0.563. The average Bonchev–Trinajstić information content (AvgIpc) is 2.94. The van der Waals surface area contributed by atoms with Crippen LogP contribution in [0.25, 0.3) is 11.2 Å². The van der Waals surface area contributed by atoms with Crippen molar-refractivity contribution in [3.8, 4) is 0 Å². The summed E-state index contributed by atoms with van der Waals surface area (Å²) in [6, 6.07) is 3.31. The summed E-state index contributed by atoms with van der Waals surface area (Å²) in [6.45, 7) is 6.49.